The number of hydrazone groups is 1. The maximum atomic E-state index is 12.3. The molecule has 0 fully saturated rings. The van der Waals surface area contributed by atoms with Crippen molar-refractivity contribution in [2.75, 3.05) is 20.8 Å². The van der Waals surface area contributed by atoms with Crippen LogP contribution in [0.25, 0.3) is 0 Å². The molecule has 0 unspecified atom stereocenters. The number of phenolic OH excluding ortho intramolecular Hbond substituents is 1. The number of hydrogen-bond donors (Lipinski definition) is 3. The van der Waals surface area contributed by atoms with Crippen LogP contribution in [0.15, 0.2) is 50.9 Å². The molecule has 0 aliphatic carbocycles. The zero-order valence-corrected chi connectivity index (χ0v) is 17.4. The molecule has 0 spiro atoms. The Morgan fingerprint density at radius 1 is 1.18 bits per heavy atom. The molecule has 2 aromatic carbocycles. The van der Waals surface area contributed by atoms with E-state index in [-0.39, 0.29) is 16.4 Å². The van der Waals surface area contributed by atoms with Gasteiger partial charge in [-0.3, -0.25) is 4.79 Å². The summed E-state index contributed by atoms with van der Waals surface area (Å²) in [7, 11) is -1.13. The van der Waals surface area contributed by atoms with Crippen LogP contribution in [-0.4, -0.2) is 46.4 Å². The number of nitrogens with zero attached hydrogens (tertiary/aromatic N) is 1. The van der Waals surface area contributed by atoms with Gasteiger partial charge in [0.25, 0.3) is 5.91 Å². The minimum Gasteiger partial charge on any atom is -0.507 e. The number of nitrogens with one attached hydrogen (secondary N) is 2. The lowest BCUT2D eigenvalue weighted by Crippen LogP contribution is -2.34. The lowest BCUT2D eigenvalue weighted by Gasteiger charge is -2.10. The van der Waals surface area contributed by atoms with Crippen LogP contribution in [0.3, 0.4) is 0 Å². The molecule has 1 amide bonds. The summed E-state index contributed by atoms with van der Waals surface area (Å²) in [6.45, 7) is -0.529. The topological polar surface area (TPSA) is 126 Å². The molecule has 0 radical (unpaired) electrons. The molecular weight excluding hydrogens is 454 g/mol. The molecule has 2 rings (SSSR count). The van der Waals surface area contributed by atoms with Crippen LogP contribution in [-0.2, 0) is 14.8 Å². The molecule has 28 heavy (non-hydrogen) atoms. The van der Waals surface area contributed by atoms with Crippen molar-refractivity contribution in [3.63, 3.8) is 0 Å². The van der Waals surface area contributed by atoms with Crippen molar-refractivity contribution in [2.24, 2.45) is 5.10 Å². The number of methoxy groups -OCH3 is 2. The summed E-state index contributed by atoms with van der Waals surface area (Å²) in [6, 6.07) is 8.77. The summed E-state index contributed by atoms with van der Waals surface area (Å²) < 4.78 is 37.7. The number of phenols is 1. The molecule has 150 valence electrons. The van der Waals surface area contributed by atoms with Gasteiger partial charge in [-0.1, -0.05) is 15.9 Å². The van der Waals surface area contributed by atoms with E-state index < -0.39 is 22.5 Å². The van der Waals surface area contributed by atoms with Crippen molar-refractivity contribution in [2.45, 2.75) is 4.90 Å². The fraction of sp³-hybridized carbons (Fsp3) is 0.176. The molecular formula is C17H18BrN3O6S. The van der Waals surface area contributed by atoms with Crippen molar-refractivity contribution in [3.05, 3.63) is 46.4 Å². The van der Waals surface area contributed by atoms with E-state index in [0.29, 0.717) is 11.3 Å². The number of hydrogen-bond acceptors (Lipinski definition) is 7. The van der Waals surface area contributed by atoms with E-state index in [9.17, 15) is 18.3 Å². The first-order valence-corrected chi connectivity index (χ1v) is 10.1. The van der Waals surface area contributed by atoms with Gasteiger partial charge in [-0.05, 0) is 30.3 Å². The van der Waals surface area contributed by atoms with Gasteiger partial charge in [0.15, 0.2) is 11.5 Å². The Bertz CT molecular complexity index is 994. The number of carbonyl (C=O) groups excluding carboxylic acids is 1. The number of benzene rings is 2. The number of sulfonamides is 1. The van der Waals surface area contributed by atoms with Gasteiger partial charge in [0, 0.05) is 16.1 Å². The Morgan fingerprint density at radius 3 is 2.57 bits per heavy atom. The molecule has 0 saturated carbocycles. The smallest absolute Gasteiger partial charge is 0.255 e. The van der Waals surface area contributed by atoms with E-state index in [1.807, 2.05) is 0 Å². The van der Waals surface area contributed by atoms with Gasteiger partial charge in [0.1, 0.15) is 5.75 Å². The van der Waals surface area contributed by atoms with Crippen molar-refractivity contribution >= 4 is 38.1 Å². The third kappa shape index (κ3) is 5.68. The van der Waals surface area contributed by atoms with Crippen molar-refractivity contribution < 1.29 is 27.8 Å². The summed E-state index contributed by atoms with van der Waals surface area (Å²) in [5.41, 5.74) is 2.55. The first-order valence-electron chi connectivity index (χ1n) is 7.79. The lowest BCUT2D eigenvalue weighted by atomic mass is 10.2. The molecule has 0 bridgehead atoms. The highest BCUT2D eigenvalue weighted by Crippen LogP contribution is 2.29. The molecule has 0 saturated heterocycles. The highest BCUT2D eigenvalue weighted by Gasteiger charge is 2.18. The third-order valence-electron chi connectivity index (χ3n) is 3.47. The molecule has 0 heterocycles. The van der Waals surface area contributed by atoms with Crippen molar-refractivity contribution in [1.82, 2.24) is 10.1 Å². The summed E-state index contributed by atoms with van der Waals surface area (Å²) in [5, 5.41) is 13.4. The van der Waals surface area contributed by atoms with Crippen LogP contribution in [0.2, 0.25) is 0 Å². The predicted molar refractivity (Wildman–Crippen MR) is 106 cm³/mol. The van der Waals surface area contributed by atoms with Gasteiger partial charge < -0.3 is 14.6 Å². The van der Waals surface area contributed by atoms with E-state index in [0.717, 1.165) is 4.47 Å². The van der Waals surface area contributed by atoms with Gasteiger partial charge >= 0.3 is 0 Å². The largest absolute Gasteiger partial charge is 0.507 e. The first kappa shape index (κ1) is 21.7. The molecule has 0 aliphatic heterocycles. The van der Waals surface area contributed by atoms with Crippen molar-refractivity contribution in [3.8, 4) is 17.2 Å². The van der Waals surface area contributed by atoms with Crippen LogP contribution in [0.5, 0.6) is 17.2 Å². The summed E-state index contributed by atoms with van der Waals surface area (Å²) in [4.78, 5) is 11.7. The van der Waals surface area contributed by atoms with Crippen LogP contribution in [0.4, 0.5) is 0 Å². The van der Waals surface area contributed by atoms with Gasteiger partial charge in [-0.15, -0.1) is 0 Å². The number of rotatable bonds is 8. The Balaban J connectivity index is 1.98. The standard InChI is InChI=1S/C17H18BrN3O6S/c1-26-15-6-4-13(8-16(15)27-2)28(24,25)20-10-17(23)21-19-9-11-7-12(18)3-5-14(11)22/h3-9,20,22H,10H2,1-2H3,(H,21,23)/b19-9+. The molecule has 0 aromatic heterocycles. The molecule has 3 N–H and O–H groups in total. The van der Waals surface area contributed by atoms with Gasteiger partial charge in [-0.2, -0.15) is 5.10 Å². The minimum absolute atomic E-state index is 0.0182. The number of aromatic hydroxyl groups is 1. The zero-order chi connectivity index (χ0) is 20.7. The minimum atomic E-state index is -3.95. The maximum Gasteiger partial charge on any atom is 0.255 e. The molecule has 0 atom stereocenters. The maximum absolute atomic E-state index is 12.3. The highest BCUT2D eigenvalue weighted by molar-refractivity contribution is 9.10. The molecule has 11 heteroatoms. The number of halogens is 1. The summed E-state index contributed by atoms with van der Waals surface area (Å²) in [6.07, 6.45) is 1.24. The van der Waals surface area contributed by atoms with E-state index >= 15 is 0 Å². The number of amides is 1. The third-order valence-corrected chi connectivity index (χ3v) is 5.36. The normalized spacial score (nSPS) is 11.4. The summed E-state index contributed by atoms with van der Waals surface area (Å²) >= 11 is 3.25. The highest BCUT2D eigenvalue weighted by atomic mass is 79.9. The number of carbonyl (C=O) groups is 1. The van der Waals surface area contributed by atoms with E-state index in [4.69, 9.17) is 9.47 Å². The van der Waals surface area contributed by atoms with E-state index in [1.54, 1.807) is 12.1 Å². The zero-order valence-electron chi connectivity index (χ0n) is 15.0. The second-order valence-corrected chi connectivity index (χ2v) is 8.02. The Labute approximate surface area is 170 Å². The Hall–Kier alpha value is -2.63. The Morgan fingerprint density at radius 2 is 1.89 bits per heavy atom. The van der Waals surface area contributed by atoms with E-state index in [1.165, 1.54) is 44.7 Å². The molecule has 9 nitrogen and oxygen atoms in total. The van der Waals surface area contributed by atoms with Crippen LogP contribution in [0, 0.1) is 0 Å². The quantitative estimate of drug-likeness (QED) is 0.396. The van der Waals surface area contributed by atoms with Crippen molar-refractivity contribution in [1.29, 1.82) is 0 Å². The lowest BCUT2D eigenvalue weighted by molar-refractivity contribution is -0.119. The fourth-order valence-corrected chi connectivity index (χ4v) is 3.45. The fourth-order valence-electron chi connectivity index (χ4n) is 2.07. The second-order valence-electron chi connectivity index (χ2n) is 5.34. The molecule has 2 aromatic rings. The second kappa shape index (κ2) is 9.53. The average Bonchev–Trinajstić information content (AvgIpc) is 2.68. The van der Waals surface area contributed by atoms with Gasteiger partial charge in [0.05, 0.1) is 31.9 Å². The molecule has 0 aliphatic rings. The number of ether oxygens (including phenoxy) is 2. The van der Waals surface area contributed by atoms with E-state index in [2.05, 4.69) is 31.2 Å². The van der Waals surface area contributed by atoms with Gasteiger partial charge in [0.2, 0.25) is 10.0 Å². The van der Waals surface area contributed by atoms with Gasteiger partial charge in [-0.25, -0.2) is 18.6 Å². The van der Waals surface area contributed by atoms with Crippen LogP contribution in [0.1, 0.15) is 5.56 Å². The average molecular weight is 472 g/mol. The predicted octanol–water partition coefficient (Wildman–Crippen LogP) is 1.60. The first-order chi connectivity index (χ1) is 13.3. The van der Waals surface area contributed by atoms with Crippen LogP contribution < -0.4 is 19.6 Å². The Kier molecular flexibility index (Phi) is 7.38. The monoisotopic (exact) mass is 471 g/mol. The van der Waals surface area contributed by atoms with Crippen LogP contribution >= 0.6 is 15.9 Å². The summed E-state index contributed by atoms with van der Waals surface area (Å²) in [5.74, 6) is -0.0808. The SMILES string of the molecule is COc1ccc(S(=O)(=O)NCC(=O)N/N=C/c2cc(Br)ccc2O)cc1OC.